The van der Waals surface area contributed by atoms with E-state index in [2.05, 4.69) is 6.92 Å². The first-order chi connectivity index (χ1) is 5.36. The Balaban J connectivity index is 1.76. The standard InChI is InChI=1S/C11H16/c1-5-7-4-10(7)11-8(5)2-6-3-9(6)11/h5-11H,2-4H2,1H3. The largest absolute Gasteiger partial charge is 0.0620 e. The number of hydrogen-bond acceptors (Lipinski definition) is 0. The second-order valence-corrected chi connectivity index (χ2v) is 5.56. The third-order valence-electron chi connectivity index (χ3n) is 5.28. The fourth-order valence-electron chi connectivity index (χ4n) is 4.64. The number of rotatable bonds is 0. The molecule has 7 atom stereocenters. The smallest absolute Gasteiger partial charge is 0.0321 e. The lowest BCUT2D eigenvalue weighted by Crippen LogP contribution is -2.14. The van der Waals surface area contributed by atoms with Gasteiger partial charge in [-0.05, 0) is 60.7 Å². The summed E-state index contributed by atoms with van der Waals surface area (Å²) in [5.41, 5.74) is 0. The van der Waals surface area contributed by atoms with Crippen molar-refractivity contribution in [3.63, 3.8) is 0 Å². The van der Waals surface area contributed by atoms with Crippen LogP contribution < -0.4 is 0 Å². The van der Waals surface area contributed by atoms with Crippen LogP contribution in [0.3, 0.4) is 0 Å². The molecule has 11 heavy (non-hydrogen) atoms. The molecule has 0 aromatic heterocycles. The molecular formula is C11H16. The highest BCUT2D eigenvalue weighted by Crippen LogP contribution is 2.74. The van der Waals surface area contributed by atoms with Crippen LogP contribution in [0.25, 0.3) is 0 Å². The van der Waals surface area contributed by atoms with E-state index in [1.165, 1.54) is 35.5 Å². The quantitative estimate of drug-likeness (QED) is 0.495. The molecule has 0 aromatic rings. The van der Waals surface area contributed by atoms with Gasteiger partial charge < -0.3 is 0 Å². The molecule has 0 aromatic carbocycles. The monoisotopic (exact) mass is 148 g/mol. The zero-order valence-corrected chi connectivity index (χ0v) is 7.16. The minimum Gasteiger partial charge on any atom is -0.0620 e. The van der Waals surface area contributed by atoms with Crippen molar-refractivity contribution in [1.29, 1.82) is 0 Å². The van der Waals surface area contributed by atoms with E-state index in [0.717, 1.165) is 5.92 Å². The fourth-order valence-corrected chi connectivity index (χ4v) is 4.64. The Morgan fingerprint density at radius 1 is 0.818 bits per heavy atom. The van der Waals surface area contributed by atoms with Crippen molar-refractivity contribution in [2.75, 3.05) is 0 Å². The van der Waals surface area contributed by atoms with Crippen molar-refractivity contribution in [3.8, 4) is 0 Å². The van der Waals surface area contributed by atoms with E-state index in [0.29, 0.717) is 0 Å². The van der Waals surface area contributed by atoms with Gasteiger partial charge in [-0.3, -0.25) is 0 Å². The van der Waals surface area contributed by atoms with Crippen molar-refractivity contribution in [3.05, 3.63) is 0 Å². The van der Waals surface area contributed by atoms with Gasteiger partial charge in [0.05, 0.1) is 0 Å². The van der Waals surface area contributed by atoms with Gasteiger partial charge in [0, 0.05) is 0 Å². The first-order valence-electron chi connectivity index (χ1n) is 5.36. The molecule has 0 spiro atoms. The van der Waals surface area contributed by atoms with E-state index in [9.17, 15) is 0 Å². The Kier molecular flexibility index (Phi) is 0.717. The lowest BCUT2D eigenvalue weighted by molar-refractivity contribution is 0.278. The highest BCUT2D eigenvalue weighted by Gasteiger charge is 2.67. The zero-order valence-electron chi connectivity index (χ0n) is 7.16. The minimum absolute atomic E-state index is 1.12. The van der Waals surface area contributed by atoms with Crippen molar-refractivity contribution in [1.82, 2.24) is 0 Å². The van der Waals surface area contributed by atoms with Crippen molar-refractivity contribution >= 4 is 0 Å². The molecule has 0 saturated heterocycles. The maximum absolute atomic E-state index is 2.53. The van der Waals surface area contributed by atoms with Crippen LogP contribution in [0.2, 0.25) is 0 Å². The summed E-state index contributed by atoms with van der Waals surface area (Å²) < 4.78 is 0. The van der Waals surface area contributed by atoms with Crippen LogP contribution in [0.15, 0.2) is 0 Å². The minimum atomic E-state index is 1.12. The van der Waals surface area contributed by atoms with Gasteiger partial charge >= 0.3 is 0 Å². The predicted molar refractivity (Wildman–Crippen MR) is 44.0 cm³/mol. The molecule has 7 unspecified atom stereocenters. The SMILES string of the molecule is CC1C2CC2C2C3CC3CC12. The van der Waals surface area contributed by atoms with Crippen LogP contribution in [-0.2, 0) is 0 Å². The summed E-state index contributed by atoms with van der Waals surface area (Å²) in [5.74, 6) is 8.44. The summed E-state index contributed by atoms with van der Waals surface area (Å²) in [5, 5.41) is 0. The Labute approximate surface area is 68.4 Å². The fraction of sp³-hybridized carbons (Fsp3) is 1.00. The summed E-state index contributed by atoms with van der Waals surface area (Å²) in [7, 11) is 0. The van der Waals surface area contributed by atoms with Gasteiger partial charge in [-0.2, -0.15) is 0 Å². The Morgan fingerprint density at radius 2 is 1.64 bits per heavy atom. The molecule has 0 aliphatic heterocycles. The van der Waals surface area contributed by atoms with Gasteiger partial charge in [-0.1, -0.05) is 6.92 Å². The van der Waals surface area contributed by atoms with Crippen LogP contribution in [-0.4, -0.2) is 0 Å². The average Bonchev–Trinajstić information content (AvgIpc) is 2.88. The van der Waals surface area contributed by atoms with Gasteiger partial charge in [-0.25, -0.2) is 0 Å². The van der Waals surface area contributed by atoms with E-state index in [1.54, 1.807) is 19.3 Å². The summed E-state index contributed by atoms with van der Waals surface area (Å²) in [4.78, 5) is 0. The summed E-state index contributed by atoms with van der Waals surface area (Å²) >= 11 is 0. The van der Waals surface area contributed by atoms with E-state index in [1.807, 2.05) is 0 Å². The summed E-state index contributed by atoms with van der Waals surface area (Å²) in [6, 6.07) is 0. The normalized spacial score (nSPS) is 75.5. The van der Waals surface area contributed by atoms with E-state index >= 15 is 0 Å². The molecule has 0 heteroatoms. The Morgan fingerprint density at radius 3 is 2.45 bits per heavy atom. The van der Waals surface area contributed by atoms with Gasteiger partial charge in [0.1, 0.15) is 0 Å². The second kappa shape index (κ2) is 1.41. The molecule has 4 rings (SSSR count). The summed E-state index contributed by atoms with van der Waals surface area (Å²) in [6.45, 7) is 2.53. The Bertz CT molecular complexity index is 220. The molecule has 4 saturated carbocycles. The molecular weight excluding hydrogens is 132 g/mol. The third kappa shape index (κ3) is 0.494. The summed E-state index contributed by atoms with van der Waals surface area (Å²) in [6.07, 6.45) is 4.87. The zero-order chi connectivity index (χ0) is 7.16. The average molecular weight is 148 g/mol. The van der Waals surface area contributed by atoms with Crippen LogP contribution in [0.5, 0.6) is 0 Å². The molecule has 0 amide bonds. The van der Waals surface area contributed by atoms with Crippen molar-refractivity contribution in [2.24, 2.45) is 41.4 Å². The molecule has 0 heterocycles. The third-order valence-corrected chi connectivity index (χ3v) is 5.28. The van der Waals surface area contributed by atoms with Crippen LogP contribution in [0, 0.1) is 41.4 Å². The first-order valence-corrected chi connectivity index (χ1v) is 5.36. The van der Waals surface area contributed by atoms with Gasteiger partial charge in [-0.15, -0.1) is 0 Å². The molecule has 0 N–H and O–H groups in total. The van der Waals surface area contributed by atoms with Crippen molar-refractivity contribution in [2.45, 2.75) is 26.2 Å². The lowest BCUT2D eigenvalue weighted by atomic mass is 9.84. The van der Waals surface area contributed by atoms with Gasteiger partial charge in [0.15, 0.2) is 0 Å². The molecule has 0 nitrogen and oxygen atoms in total. The predicted octanol–water partition coefficient (Wildman–Crippen LogP) is 2.54. The molecule has 0 bridgehead atoms. The number of fused-ring (bicyclic) bond motifs is 5. The van der Waals surface area contributed by atoms with Crippen LogP contribution in [0.4, 0.5) is 0 Å². The molecule has 0 radical (unpaired) electrons. The lowest BCUT2D eigenvalue weighted by Gasteiger charge is -2.20. The molecule has 4 fully saturated rings. The highest BCUT2D eigenvalue weighted by atomic mass is 14.7. The van der Waals surface area contributed by atoms with Crippen LogP contribution >= 0.6 is 0 Å². The van der Waals surface area contributed by atoms with E-state index in [4.69, 9.17) is 0 Å². The number of hydrogen-bond donors (Lipinski definition) is 0. The van der Waals surface area contributed by atoms with Gasteiger partial charge in [0.25, 0.3) is 0 Å². The molecule has 4 aliphatic rings. The Hall–Kier alpha value is 0. The highest BCUT2D eigenvalue weighted by molar-refractivity contribution is 5.16. The maximum atomic E-state index is 2.53. The van der Waals surface area contributed by atoms with Gasteiger partial charge in [0.2, 0.25) is 0 Å². The van der Waals surface area contributed by atoms with E-state index < -0.39 is 0 Å². The van der Waals surface area contributed by atoms with Crippen molar-refractivity contribution < 1.29 is 0 Å². The van der Waals surface area contributed by atoms with Crippen LogP contribution in [0.1, 0.15) is 26.2 Å². The second-order valence-electron chi connectivity index (χ2n) is 5.56. The molecule has 4 aliphatic carbocycles. The topological polar surface area (TPSA) is 0 Å². The first kappa shape index (κ1) is 5.61. The molecule has 60 valence electrons. The van der Waals surface area contributed by atoms with E-state index in [-0.39, 0.29) is 0 Å². The maximum Gasteiger partial charge on any atom is -0.0321 e.